The van der Waals surface area contributed by atoms with Crippen molar-refractivity contribution < 1.29 is 9.53 Å². The molecule has 26 heavy (non-hydrogen) atoms. The molecule has 1 saturated heterocycles. The van der Waals surface area contributed by atoms with Crippen LogP contribution in [0.1, 0.15) is 48.9 Å². The quantitative estimate of drug-likeness (QED) is 0.700. The van der Waals surface area contributed by atoms with Gasteiger partial charge in [0.25, 0.3) is 5.91 Å². The third kappa shape index (κ3) is 5.30. The van der Waals surface area contributed by atoms with E-state index in [-0.39, 0.29) is 12.0 Å². The number of hydrogen-bond acceptors (Lipinski definition) is 4. The number of benzene rings is 1. The Balaban J connectivity index is 1.58. The molecule has 144 valence electrons. The van der Waals surface area contributed by atoms with Crippen molar-refractivity contribution in [2.45, 2.75) is 50.7 Å². The van der Waals surface area contributed by atoms with Gasteiger partial charge in [0.1, 0.15) is 11.9 Å². The number of carbonyl (C=O) groups is 1. The third-order valence-electron chi connectivity index (χ3n) is 5.39. The van der Waals surface area contributed by atoms with E-state index in [4.69, 9.17) is 16.3 Å². The first kappa shape index (κ1) is 19.8. The van der Waals surface area contributed by atoms with E-state index in [1.54, 1.807) is 23.9 Å². The molecule has 1 aliphatic heterocycles. The number of thioether (sulfide) groups is 1. The highest BCUT2D eigenvalue weighted by atomic mass is 35.5. The van der Waals surface area contributed by atoms with Crippen molar-refractivity contribution in [1.82, 2.24) is 10.2 Å². The van der Waals surface area contributed by atoms with Gasteiger partial charge in [0.15, 0.2) is 0 Å². The van der Waals surface area contributed by atoms with E-state index >= 15 is 0 Å². The minimum Gasteiger partial charge on any atom is -0.489 e. The SMILES string of the molecule is CSCCNC(=O)c1cc(Cl)ccc1OC1CCN(C2CCCC2)CC1. The second-order valence-electron chi connectivity index (χ2n) is 7.18. The molecule has 4 nitrogen and oxygen atoms in total. The van der Waals surface area contributed by atoms with Crippen LogP contribution in [-0.2, 0) is 0 Å². The number of hydrogen-bond donors (Lipinski definition) is 1. The van der Waals surface area contributed by atoms with E-state index < -0.39 is 0 Å². The molecule has 0 unspecified atom stereocenters. The largest absolute Gasteiger partial charge is 0.489 e. The summed E-state index contributed by atoms with van der Waals surface area (Å²) in [5, 5.41) is 3.50. The van der Waals surface area contributed by atoms with Crippen molar-refractivity contribution in [2.24, 2.45) is 0 Å². The molecule has 0 radical (unpaired) electrons. The van der Waals surface area contributed by atoms with E-state index in [0.29, 0.717) is 22.9 Å². The molecular formula is C20H29ClN2O2S. The smallest absolute Gasteiger partial charge is 0.255 e. The number of halogens is 1. The normalized spacial score (nSPS) is 19.6. The molecule has 0 bridgehead atoms. The molecule has 1 amide bonds. The van der Waals surface area contributed by atoms with Gasteiger partial charge in [-0.15, -0.1) is 0 Å². The first-order chi connectivity index (χ1) is 12.7. The first-order valence-electron chi connectivity index (χ1n) is 9.65. The summed E-state index contributed by atoms with van der Waals surface area (Å²) in [7, 11) is 0. The Bertz CT molecular complexity index is 599. The number of amides is 1. The van der Waals surface area contributed by atoms with E-state index in [1.165, 1.54) is 25.7 Å². The number of piperidine rings is 1. The standard InChI is InChI=1S/C20H29ClN2O2S/c1-26-13-10-22-20(24)18-14-15(21)6-7-19(18)25-17-8-11-23(12-9-17)16-4-2-3-5-16/h6-7,14,16-17H,2-5,8-13H2,1H3,(H,22,24). The molecule has 6 heteroatoms. The Morgan fingerprint density at radius 2 is 2.00 bits per heavy atom. The van der Waals surface area contributed by atoms with Crippen LogP contribution < -0.4 is 10.1 Å². The van der Waals surface area contributed by atoms with Crippen LogP contribution in [0.4, 0.5) is 0 Å². The maximum Gasteiger partial charge on any atom is 0.255 e. The molecule has 0 spiro atoms. The van der Waals surface area contributed by atoms with Crippen LogP contribution in [0.2, 0.25) is 5.02 Å². The molecular weight excluding hydrogens is 368 g/mol. The van der Waals surface area contributed by atoms with Crippen LogP contribution in [0.25, 0.3) is 0 Å². The highest BCUT2D eigenvalue weighted by molar-refractivity contribution is 7.98. The summed E-state index contributed by atoms with van der Waals surface area (Å²) in [6.07, 6.45) is 9.69. The van der Waals surface area contributed by atoms with Crippen LogP contribution in [-0.4, -0.2) is 54.6 Å². The maximum absolute atomic E-state index is 12.5. The van der Waals surface area contributed by atoms with Gasteiger partial charge in [-0.25, -0.2) is 0 Å². The third-order valence-corrected chi connectivity index (χ3v) is 6.24. The fourth-order valence-corrected chi connectivity index (χ4v) is 4.43. The Labute approximate surface area is 166 Å². The zero-order valence-corrected chi connectivity index (χ0v) is 17.1. The first-order valence-corrected chi connectivity index (χ1v) is 11.4. The molecule has 1 N–H and O–H groups in total. The van der Waals surface area contributed by atoms with Crippen molar-refractivity contribution >= 4 is 29.3 Å². The molecule has 1 heterocycles. The van der Waals surface area contributed by atoms with Crippen LogP contribution in [0.5, 0.6) is 5.75 Å². The van der Waals surface area contributed by atoms with E-state index in [2.05, 4.69) is 10.2 Å². The van der Waals surface area contributed by atoms with Gasteiger partial charge >= 0.3 is 0 Å². The summed E-state index contributed by atoms with van der Waals surface area (Å²) in [5.74, 6) is 1.43. The Hall–Kier alpha value is -0.910. The van der Waals surface area contributed by atoms with Crippen molar-refractivity contribution in [2.75, 3.05) is 31.6 Å². The van der Waals surface area contributed by atoms with Crippen molar-refractivity contribution in [1.29, 1.82) is 0 Å². The fraction of sp³-hybridized carbons (Fsp3) is 0.650. The lowest BCUT2D eigenvalue weighted by atomic mass is 10.0. The minimum atomic E-state index is -0.111. The van der Waals surface area contributed by atoms with Gasteiger partial charge in [-0.3, -0.25) is 4.79 Å². The predicted molar refractivity (Wildman–Crippen MR) is 110 cm³/mol. The van der Waals surface area contributed by atoms with Crippen LogP contribution in [0.3, 0.4) is 0 Å². The molecule has 0 aromatic heterocycles. The second kappa shape index (κ2) is 9.86. The van der Waals surface area contributed by atoms with Crippen molar-refractivity contribution in [3.8, 4) is 5.75 Å². The highest BCUT2D eigenvalue weighted by Crippen LogP contribution is 2.29. The van der Waals surface area contributed by atoms with Gasteiger partial charge in [-0.1, -0.05) is 24.4 Å². The monoisotopic (exact) mass is 396 g/mol. The van der Waals surface area contributed by atoms with Gasteiger partial charge in [0, 0.05) is 36.5 Å². The molecule has 1 saturated carbocycles. The summed E-state index contributed by atoms with van der Waals surface area (Å²) >= 11 is 7.82. The molecule has 1 aromatic carbocycles. The van der Waals surface area contributed by atoms with Gasteiger partial charge in [0.2, 0.25) is 0 Å². The van der Waals surface area contributed by atoms with E-state index in [9.17, 15) is 4.79 Å². The number of nitrogens with one attached hydrogen (secondary N) is 1. The highest BCUT2D eigenvalue weighted by Gasteiger charge is 2.28. The fourth-order valence-electron chi connectivity index (χ4n) is 3.95. The molecule has 2 fully saturated rings. The van der Waals surface area contributed by atoms with Crippen molar-refractivity contribution in [3.63, 3.8) is 0 Å². The number of likely N-dealkylation sites (tertiary alicyclic amines) is 1. The summed E-state index contributed by atoms with van der Waals surface area (Å²) in [6, 6.07) is 6.11. The van der Waals surface area contributed by atoms with Crippen molar-refractivity contribution in [3.05, 3.63) is 28.8 Å². The maximum atomic E-state index is 12.5. The lowest BCUT2D eigenvalue weighted by molar-refractivity contribution is 0.0750. The summed E-state index contributed by atoms with van der Waals surface area (Å²) in [5.41, 5.74) is 0.539. The lowest BCUT2D eigenvalue weighted by Gasteiger charge is -2.36. The molecule has 1 aromatic rings. The topological polar surface area (TPSA) is 41.6 Å². The molecule has 3 rings (SSSR count). The molecule has 2 aliphatic rings. The Morgan fingerprint density at radius 3 is 2.69 bits per heavy atom. The van der Waals surface area contributed by atoms with Gasteiger partial charge in [0.05, 0.1) is 5.56 Å². The Morgan fingerprint density at radius 1 is 1.27 bits per heavy atom. The number of carbonyl (C=O) groups excluding carboxylic acids is 1. The molecule has 0 atom stereocenters. The van der Waals surface area contributed by atoms with E-state index in [1.807, 2.05) is 12.3 Å². The number of ether oxygens (including phenoxy) is 1. The number of rotatable bonds is 7. The summed E-state index contributed by atoms with van der Waals surface area (Å²) in [4.78, 5) is 15.1. The lowest BCUT2D eigenvalue weighted by Crippen LogP contribution is -2.43. The second-order valence-corrected chi connectivity index (χ2v) is 8.60. The predicted octanol–water partition coefficient (Wildman–Crippen LogP) is 4.22. The van der Waals surface area contributed by atoms with Crippen LogP contribution in [0.15, 0.2) is 18.2 Å². The number of nitrogens with zero attached hydrogens (tertiary/aromatic N) is 1. The average molecular weight is 397 g/mol. The molecule has 1 aliphatic carbocycles. The van der Waals surface area contributed by atoms with E-state index in [0.717, 1.165) is 37.7 Å². The van der Waals surface area contributed by atoms with Crippen LogP contribution >= 0.6 is 23.4 Å². The zero-order valence-electron chi connectivity index (χ0n) is 15.5. The minimum absolute atomic E-state index is 0.111. The van der Waals surface area contributed by atoms with Gasteiger partial charge < -0.3 is 15.0 Å². The van der Waals surface area contributed by atoms with Gasteiger partial charge in [-0.2, -0.15) is 11.8 Å². The average Bonchev–Trinajstić information content (AvgIpc) is 3.18. The van der Waals surface area contributed by atoms with Crippen LogP contribution in [0, 0.1) is 0 Å². The summed E-state index contributed by atoms with van der Waals surface area (Å²) in [6.45, 7) is 2.84. The Kier molecular flexibility index (Phi) is 7.52. The summed E-state index contributed by atoms with van der Waals surface area (Å²) < 4.78 is 6.23. The zero-order chi connectivity index (χ0) is 18.4. The van der Waals surface area contributed by atoms with Gasteiger partial charge in [-0.05, 0) is 50.1 Å².